The molecule has 2 nitrogen and oxygen atoms in total. The summed E-state index contributed by atoms with van der Waals surface area (Å²) in [6, 6.07) is 6.92. The third-order valence-electron chi connectivity index (χ3n) is 4.87. The number of rotatable bonds is 4. The predicted molar refractivity (Wildman–Crippen MR) is 74.3 cm³/mol. The lowest BCUT2D eigenvalue weighted by Crippen LogP contribution is -2.32. The molecule has 2 saturated carbocycles. The lowest BCUT2D eigenvalue weighted by molar-refractivity contribution is 0.249. The molecule has 0 saturated heterocycles. The molecule has 1 N–H and O–H groups in total. The van der Waals surface area contributed by atoms with E-state index in [1.54, 1.807) is 0 Å². The van der Waals surface area contributed by atoms with Crippen LogP contribution in [0.25, 0.3) is 0 Å². The molecular formula is C16H24N2. The Labute approximate surface area is 110 Å². The zero-order valence-corrected chi connectivity index (χ0v) is 11.5. The first kappa shape index (κ1) is 12.2. The molecule has 0 aromatic carbocycles. The fourth-order valence-corrected chi connectivity index (χ4v) is 4.13. The van der Waals surface area contributed by atoms with Crippen LogP contribution in [-0.2, 0) is 0 Å². The monoisotopic (exact) mass is 244 g/mol. The first-order valence-electron chi connectivity index (χ1n) is 7.45. The van der Waals surface area contributed by atoms with E-state index in [0.29, 0.717) is 6.04 Å². The molecule has 0 spiro atoms. The summed E-state index contributed by atoms with van der Waals surface area (Å²) in [6.07, 6.45) is 5.81. The Hall–Kier alpha value is -0.890. The minimum atomic E-state index is 0.477. The van der Waals surface area contributed by atoms with E-state index >= 15 is 0 Å². The number of hydrogen-bond donors (Lipinski definition) is 1. The third-order valence-corrected chi connectivity index (χ3v) is 4.87. The molecule has 2 fully saturated rings. The number of aromatic nitrogens is 1. The minimum absolute atomic E-state index is 0.477. The quantitative estimate of drug-likeness (QED) is 0.877. The standard InChI is InChI=1S/C16H24N2/c1-3-17-16(15-6-4-5-11(2)18-15)14-10-12-7-8-13(14)9-12/h4-6,12-14,16-17H,3,7-10H2,1-2H3. The van der Waals surface area contributed by atoms with E-state index in [4.69, 9.17) is 4.98 Å². The topological polar surface area (TPSA) is 24.9 Å². The Bertz CT molecular complexity index is 415. The van der Waals surface area contributed by atoms with Crippen molar-refractivity contribution < 1.29 is 0 Å². The maximum Gasteiger partial charge on any atom is 0.0579 e. The molecule has 0 amide bonds. The summed E-state index contributed by atoms with van der Waals surface area (Å²) in [4.78, 5) is 4.76. The van der Waals surface area contributed by atoms with Crippen molar-refractivity contribution in [3.05, 3.63) is 29.6 Å². The van der Waals surface area contributed by atoms with Gasteiger partial charge in [-0.15, -0.1) is 0 Å². The molecule has 0 radical (unpaired) electrons. The Kier molecular flexibility index (Phi) is 3.38. The van der Waals surface area contributed by atoms with Gasteiger partial charge in [-0.1, -0.05) is 19.4 Å². The highest BCUT2D eigenvalue weighted by Gasteiger charge is 2.43. The Balaban J connectivity index is 1.84. The van der Waals surface area contributed by atoms with Gasteiger partial charge >= 0.3 is 0 Å². The van der Waals surface area contributed by atoms with Crippen LogP contribution in [0.1, 0.15) is 50.0 Å². The van der Waals surface area contributed by atoms with Gasteiger partial charge in [-0.25, -0.2) is 0 Å². The zero-order chi connectivity index (χ0) is 12.5. The van der Waals surface area contributed by atoms with Crippen molar-refractivity contribution in [1.29, 1.82) is 0 Å². The normalized spacial score (nSPS) is 31.8. The maximum atomic E-state index is 4.76. The molecule has 1 aromatic heterocycles. The Morgan fingerprint density at radius 1 is 1.33 bits per heavy atom. The van der Waals surface area contributed by atoms with E-state index in [1.807, 2.05) is 0 Å². The molecule has 2 aliphatic rings. The number of hydrogen-bond acceptors (Lipinski definition) is 2. The molecule has 3 rings (SSSR count). The van der Waals surface area contributed by atoms with Crippen molar-refractivity contribution in [2.75, 3.05) is 6.54 Å². The summed E-state index contributed by atoms with van der Waals surface area (Å²) in [7, 11) is 0. The summed E-state index contributed by atoms with van der Waals surface area (Å²) in [6.45, 7) is 5.33. The van der Waals surface area contributed by atoms with Gasteiger partial charge in [-0.3, -0.25) is 4.98 Å². The van der Waals surface area contributed by atoms with Gasteiger partial charge in [-0.2, -0.15) is 0 Å². The van der Waals surface area contributed by atoms with Crippen molar-refractivity contribution >= 4 is 0 Å². The Morgan fingerprint density at radius 2 is 2.22 bits per heavy atom. The van der Waals surface area contributed by atoms with Crippen molar-refractivity contribution in [2.45, 2.75) is 45.6 Å². The molecule has 0 aliphatic heterocycles. The number of aryl methyl sites for hydroxylation is 1. The second-order valence-electron chi connectivity index (χ2n) is 6.08. The van der Waals surface area contributed by atoms with Crippen LogP contribution in [-0.4, -0.2) is 11.5 Å². The SMILES string of the molecule is CCNC(c1cccc(C)n1)C1CC2CCC1C2. The van der Waals surface area contributed by atoms with E-state index < -0.39 is 0 Å². The second kappa shape index (κ2) is 5.00. The highest BCUT2D eigenvalue weighted by molar-refractivity contribution is 5.16. The highest BCUT2D eigenvalue weighted by Crippen LogP contribution is 2.52. The molecule has 4 atom stereocenters. The predicted octanol–water partition coefficient (Wildman–Crippen LogP) is 3.48. The lowest BCUT2D eigenvalue weighted by atomic mass is 9.82. The van der Waals surface area contributed by atoms with Crippen LogP contribution in [0.4, 0.5) is 0 Å². The first-order valence-corrected chi connectivity index (χ1v) is 7.45. The van der Waals surface area contributed by atoms with Crippen LogP contribution in [0.2, 0.25) is 0 Å². The molecular weight excluding hydrogens is 220 g/mol. The first-order chi connectivity index (χ1) is 8.78. The molecule has 1 aromatic rings. The van der Waals surface area contributed by atoms with Gasteiger partial charge in [0.2, 0.25) is 0 Å². The number of nitrogens with zero attached hydrogens (tertiary/aromatic N) is 1. The summed E-state index contributed by atoms with van der Waals surface area (Å²) < 4.78 is 0. The molecule has 18 heavy (non-hydrogen) atoms. The highest BCUT2D eigenvalue weighted by atomic mass is 14.9. The molecule has 98 valence electrons. The van der Waals surface area contributed by atoms with E-state index in [0.717, 1.165) is 30.0 Å². The molecule has 2 bridgehead atoms. The summed E-state index contributed by atoms with van der Waals surface area (Å²) in [5, 5.41) is 3.69. The fourth-order valence-electron chi connectivity index (χ4n) is 4.13. The van der Waals surface area contributed by atoms with Crippen molar-refractivity contribution in [3.63, 3.8) is 0 Å². The van der Waals surface area contributed by atoms with Gasteiger partial charge in [-0.05, 0) is 62.6 Å². The average molecular weight is 244 g/mol. The number of fused-ring (bicyclic) bond motifs is 2. The summed E-state index contributed by atoms with van der Waals surface area (Å²) >= 11 is 0. The van der Waals surface area contributed by atoms with Gasteiger partial charge in [0, 0.05) is 5.69 Å². The average Bonchev–Trinajstić information content (AvgIpc) is 2.98. The Morgan fingerprint density at radius 3 is 2.83 bits per heavy atom. The smallest absolute Gasteiger partial charge is 0.0579 e. The van der Waals surface area contributed by atoms with Gasteiger partial charge in [0.05, 0.1) is 11.7 Å². The number of nitrogens with one attached hydrogen (secondary N) is 1. The maximum absolute atomic E-state index is 4.76. The van der Waals surface area contributed by atoms with Crippen LogP contribution >= 0.6 is 0 Å². The largest absolute Gasteiger partial charge is 0.309 e. The van der Waals surface area contributed by atoms with Crippen molar-refractivity contribution in [2.24, 2.45) is 17.8 Å². The zero-order valence-electron chi connectivity index (χ0n) is 11.5. The van der Waals surface area contributed by atoms with E-state index in [2.05, 4.69) is 37.4 Å². The third kappa shape index (κ3) is 2.18. The van der Waals surface area contributed by atoms with Crippen LogP contribution in [0.3, 0.4) is 0 Å². The van der Waals surface area contributed by atoms with E-state index in [9.17, 15) is 0 Å². The minimum Gasteiger partial charge on any atom is -0.309 e. The van der Waals surface area contributed by atoms with Crippen LogP contribution in [0.15, 0.2) is 18.2 Å². The van der Waals surface area contributed by atoms with Crippen LogP contribution in [0.5, 0.6) is 0 Å². The van der Waals surface area contributed by atoms with E-state index in [-0.39, 0.29) is 0 Å². The summed E-state index contributed by atoms with van der Waals surface area (Å²) in [5.74, 6) is 2.77. The van der Waals surface area contributed by atoms with Crippen molar-refractivity contribution in [1.82, 2.24) is 10.3 Å². The van der Waals surface area contributed by atoms with Gasteiger partial charge in [0.25, 0.3) is 0 Å². The van der Waals surface area contributed by atoms with Gasteiger partial charge in [0.15, 0.2) is 0 Å². The molecule has 2 heteroatoms. The molecule has 1 heterocycles. The fraction of sp³-hybridized carbons (Fsp3) is 0.688. The van der Waals surface area contributed by atoms with Crippen LogP contribution in [0, 0.1) is 24.7 Å². The number of pyridine rings is 1. The molecule has 4 unspecified atom stereocenters. The lowest BCUT2D eigenvalue weighted by Gasteiger charge is -2.31. The van der Waals surface area contributed by atoms with Crippen molar-refractivity contribution in [3.8, 4) is 0 Å². The van der Waals surface area contributed by atoms with E-state index in [1.165, 1.54) is 31.4 Å². The second-order valence-corrected chi connectivity index (χ2v) is 6.08. The van der Waals surface area contributed by atoms with Gasteiger partial charge < -0.3 is 5.32 Å². The molecule has 2 aliphatic carbocycles. The van der Waals surface area contributed by atoms with Gasteiger partial charge in [0.1, 0.15) is 0 Å². The summed E-state index contributed by atoms with van der Waals surface area (Å²) in [5.41, 5.74) is 2.40. The van der Waals surface area contributed by atoms with Crippen LogP contribution < -0.4 is 5.32 Å².